The van der Waals surface area contributed by atoms with E-state index in [0.29, 0.717) is 12.3 Å². The fourth-order valence-electron chi connectivity index (χ4n) is 2.27. The van der Waals surface area contributed by atoms with Gasteiger partial charge in [-0.1, -0.05) is 6.92 Å². The molecule has 0 saturated carbocycles. The topological polar surface area (TPSA) is 51.0 Å². The van der Waals surface area contributed by atoms with Crippen molar-refractivity contribution in [2.45, 2.75) is 32.1 Å². The van der Waals surface area contributed by atoms with E-state index in [2.05, 4.69) is 10.2 Å². The van der Waals surface area contributed by atoms with Crippen molar-refractivity contribution in [2.75, 3.05) is 13.1 Å². The Morgan fingerprint density at radius 3 is 2.69 bits per heavy atom. The third-order valence-corrected chi connectivity index (χ3v) is 3.26. The minimum atomic E-state index is 0.261. The number of likely N-dealkylation sites (tertiary alicyclic amines) is 1. The van der Waals surface area contributed by atoms with E-state index in [9.17, 15) is 4.79 Å². The number of hydrogen-bond donors (Lipinski definition) is 0. The van der Waals surface area contributed by atoms with Crippen LogP contribution in [-0.4, -0.2) is 38.7 Å². The van der Waals surface area contributed by atoms with Crippen molar-refractivity contribution in [3.8, 4) is 0 Å². The van der Waals surface area contributed by atoms with Gasteiger partial charge in [0.2, 0.25) is 5.91 Å². The summed E-state index contributed by atoms with van der Waals surface area (Å²) >= 11 is 0. The van der Waals surface area contributed by atoms with Crippen LogP contribution in [0.25, 0.3) is 0 Å². The number of carbonyl (C=O) groups excluding carboxylic acids is 1. The van der Waals surface area contributed by atoms with Crippen LogP contribution in [0.4, 0.5) is 0 Å². The summed E-state index contributed by atoms with van der Waals surface area (Å²) in [6.07, 6.45) is 4.34. The van der Waals surface area contributed by atoms with Crippen LogP contribution < -0.4 is 0 Å². The van der Waals surface area contributed by atoms with Crippen molar-refractivity contribution >= 4 is 5.91 Å². The molecule has 5 nitrogen and oxygen atoms in total. The Hall–Kier alpha value is -1.39. The van der Waals surface area contributed by atoms with Crippen molar-refractivity contribution in [1.29, 1.82) is 0 Å². The molecule has 0 N–H and O–H groups in total. The van der Waals surface area contributed by atoms with Gasteiger partial charge in [-0.2, -0.15) is 0 Å². The second-order valence-corrected chi connectivity index (χ2v) is 4.31. The SMILES string of the molecule is CCC(=O)N1CCC(c2nncn2C)CC1. The predicted molar refractivity (Wildman–Crippen MR) is 59.8 cm³/mol. The first-order chi connectivity index (χ1) is 7.72. The van der Waals surface area contributed by atoms with Gasteiger partial charge in [0.05, 0.1) is 0 Å². The molecule has 0 atom stereocenters. The first kappa shape index (κ1) is 11.1. The zero-order valence-electron chi connectivity index (χ0n) is 9.89. The Balaban J connectivity index is 1.95. The van der Waals surface area contributed by atoms with Gasteiger partial charge in [-0.25, -0.2) is 0 Å². The molecule has 88 valence electrons. The minimum Gasteiger partial charge on any atom is -0.343 e. The average Bonchev–Trinajstić information content (AvgIpc) is 2.75. The van der Waals surface area contributed by atoms with E-state index in [1.54, 1.807) is 6.33 Å². The summed E-state index contributed by atoms with van der Waals surface area (Å²) in [7, 11) is 1.97. The number of aromatic nitrogens is 3. The highest BCUT2D eigenvalue weighted by atomic mass is 16.2. The molecule has 1 aromatic rings. The number of aryl methyl sites for hydroxylation is 1. The van der Waals surface area contributed by atoms with Crippen LogP contribution >= 0.6 is 0 Å². The number of nitrogens with zero attached hydrogens (tertiary/aromatic N) is 4. The van der Waals surface area contributed by atoms with Crippen molar-refractivity contribution < 1.29 is 4.79 Å². The second kappa shape index (κ2) is 4.63. The molecular weight excluding hydrogens is 204 g/mol. The van der Waals surface area contributed by atoms with E-state index in [-0.39, 0.29) is 5.91 Å². The van der Waals surface area contributed by atoms with Gasteiger partial charge in [0, 0.05) is 32.5 Å². The fourth-order valence-corrected chi connectivity index (χ4v) is 2.27. The van der Waals surface area contributed by atoms with Gasteiger partial charge >= 0.3 is 0 Å². The Kier molecular flexibility index (Phi) is 3.22. The lowest BCUT2D eigenvalue weighted by molar-refractivity contribution is -0.131. The highest BCUT2D eigenvalue weighted by Crippen LogP contribution is 2.26. The molecule has 0 aliphatic carbocycles. The van der Waals surface area contributed by atoms with Crippen LogP contribution in [0.15, 0.2) is 6.33 Å². The maximum Gasteiger partial charge on any atom is 0.222 e. The normalized spacial score (nSPS) is 17.8. The number of rotatable bonds is 2. The summed E-state index contributed by atoms with van der Waals surface area (Å²) in [6, 6.07) is 0. The molecule has 1 aromatic heterocycles. The molecule has 1 amide bonds. The first-order valence-electron chi connectivity index (χ1n) is 5.84. The zero-order valence-corrected chi connectivity index (χ0v) is 9.89. The Bertz CT molecular complexity index is 366. The Labute approximate surface area is 95.5 Å². The van der Waals surface area contributed by atoms with Crippen molar-refractivity contribution in [3.05, 3.63) is 12.2 Å². The lowest BCUT2D eigenvalue weighted by atomic mass is 9.96. The van der Waals surface area contributed by atoms with Gasteiger partial charge in [-0.3, -0.25) is 4.79 Å². The molecule has 1 saturated heterocycles. The summed E-state index contributed by atoms with van der Waals surface area (Å²) in [6.45, 7) is 3.62. The summed E-state index contributed by atoms with van der Waals surface area (Å²) in [4.78, 5) is 13.5. The van der Waals surface area contributed by atoms with E-state index in [1.807, 2.05) is 23.4 Å². The largest absolute Gasteiger partial charge is 0.343 e. The average molecular weight is 222 g/mol. The van der Waals surface area contributed by atoms with Gasteiger partial charge in [0.25, 0.3) is 0 Å². The molecule has 0 unspecified atom stereocenters. The van der Waals surface area contributed by atoms with E-state index in [0.717, 1.165) is 31.8 Å². The van der Waals surface area contributed by atoms with Crippen LogP contribution in [0.1, 0.15) is 37.9 Å². The van der Waals surface area contributed by atoms with Gasteiger partial charge < -0.3 is 9.47 Å². The highest BCUT2D eigenvalue weighted by molar-refractivity contribution is 5.75. The number of carbonyl (C=O) groups is 1. The molecular formula is C11H18N4O. The van der Waals surface area contributed by atoms with Crippen molar-refractivity contribution in [1.82, 2.24) is 19.7 Å². The quantitative estimate of drug-likeness (QED) is 0.748. The summed E-state index contributed by atoms with van der Waals surface area (Å²) in [5.74, 6) is 1.76. The van der Waals surface area contributed by atoms with Crippen LogP contribution in [0.3, 0.4) is 0 Å². The number of hydrogen-bond acceptors (Lipinski definition) is 3. The minimum absolute atomic E-state index is 0.261. The third kappa shape index (κ3) is 2.08. The first-order valence-corrected chi connectivity index (χ1v) is 5.84. The monoisotopic (exact) mass is 222 g/mol. The van der Waals surface area contributed by atoms with E-state index in [1.165, 1.54) is 0 Å². The smallest absolute Gasteiger partial charge is 0.222 e. The fraction of sp³-hybridized carbons (Fsp3) is 0.727. The molecule has 0 aromatic carbocycles. The number of piperidine rings is 1. The molecule has 0 bridgehead atoms. The molecule has 1 aliphatic rings. The van der Waals surface area contributed by atoms with E-state index >= 15 is 0 Å². The van der Waals surface area contributed by atoms with Gasteiger partial charge in [-0.15, -0.1) is 10.2 Å². The maximum atomic E-state index is 11.5. The molecule has 16 heavy (non-hydrogen) atoms. The van der Waals surface area contributed by atoms with Gasteiger partial charge in [-0.05, 0) is 12.8 Å². The lowest BCUT2D eigenvalue weighted by Gasteiger charge is -2.31. The molecule has 0 spiro atoms. The standard InChI is InChI=1S/C11H18N4O/c1-3-10(16)15-6-4-9(5-7-15)11-13-12-8-14(11)2/h8-9H,3-7H2,1-2H3. The zero-order chi connectivity index (χ0) is 11.5. The number of amides is 1. The lowest BCUT2D eigenvalue weighted by Crippen LogP contribution is -2.37. The van der Waals surface area contributed by atoms with Crippen LogP contribution in [-0.2, 0) is 11.8 Å². The molecule has 1 aliphatic heterocycles. The van der Waals surface area contributed by atoms with Crippen molar-refractivity contribution in [2.24, 2.45) is 7.05 Å². The van der Waals surface area contributed by atoms with Crippen molar-refractivity contribution in [3.63, 3.8) is 0 Å². The molecule has 2 heterocycles. The highest BCUT2D eigenvalue weighted by Gasteiger charge is 2.25. The molecule has 2 rings (SSSR count). The van der Waals surface area contributed by atoms with E-state index < -0.39 is 0 Å². The Morgan fingerprint density at radius 2 is 2.19 bits per heavy atom. The molecule has 0 radical (unpaired) electrons. The third-order valence-electron chi connectivity index (χ3n) is 3.26. The summed E-state index contributed by atoms with van der Waals surface area (Å²) < 4.78 is 1.97. The maximum absolute atomic E-state index is 11.5. The second-order valence-electron chi connectivity index (χ2n) is 4.31. The van der Waals surface area contributed by atoms with Crippen LogP contribution in [0, 0.1) is 0 Å². The summed E-state index contributed by atoms with van der Waals surface area (Å²) in [5, 5.41) is 8.04. The van der Waals surface area contributed by atoms with Crippen LogP contribution in [0.5, 0.6) is 0 Å². The van der Waals surface area contributed by atoms with Gasteiger partial charge in [0.15, 0.2) is 0 Å². The van der Waals surface area contributed by atoms with Crippen LogP contribution in [0.2, 0.25) is 0 Å². The summed E-state index contributed by atoms with van der Waals surface area (Å²) in [5.41, 5.74) is 0. The Morgan fingerprint density at radius 1 is 1.50 bits per heavy atom. The predicted octanol–water partition coefficient (Wildman–Crippen LogP) is 0.931. The molecule has 5 heteroatoms. The van der Waals surface area contributed by atoms with Gasteiger partial charge in [0.1, 0.15) is 12.2 Å². The van der Waals surface area contributed by atoms with E-state index in [4.69, 9.17) is 0 Å². The molecule has 1 fully saturated rings.